The SMILES string of the molecule is N#Cc1cc(-c2ccc3nnc(Sc4ccc5nc(NC(=O)C6CC6)cn5n4)n3c2)ccc1CCCOC1CCCCO1. The zero-order chi connectivity index (χ0) is 29.2. The summed E-state index contributed by atoms with van der Waals surface area (Å²) in [6.45, 7) is 1.38. The van der Waals surface area contributed by atoms with Crippen molar-refractivity contribution in [1.82, 2.24) is 29.2 Å². The zero-order valence-corrected chi connectivity index (χ0v) is 24.3. The van der Waals surface area contributed by atoms with Gasteiger partial charge in [-0.25, -0.2) is 9.50 Å². The highest BCUT2D eigenvalue weighted by atomic mass is 32.2. The monoisotopic (exact) mass is 594 g/mol. The number of benzene rings is 1. The Labute approximate surface area is 252 Å². The fourth-order valence-corrected chi connectivity index (χ4v) is 5.93. The van der Waals surface area contributed by atoms with Gasteiger partial charge in [-0.3, -0.25) is 9.20 Å². The predicted molar refractivity (Wildman–Crippen MR) is 159 cm³/mol. The Morgan fingerprint density at radius 1 is 1.07 bits per heavy atom. The minimum absolute atomic E-state index is 0.00951. The van der Waals surface area contributed by atoms with Crippen LogP contribution >= 0.6 is 11.8 Å². The summed E-state index contributed by atoms with van der Waals surface area (Å²) in [5, 5.41) is 27.5. The molecule has 12 heteroatoms. The van der Waals surface area contributed by atoms with Gasteiger partial charge < -0.3 is 14.8 Å². The van der Waals surface area contributed by atoms with E-state index >= 15 is 0 Å². The first-order valence-corrected chi connectivity index (χ1v) is 15.4. The van der Waals surface area contributed by atoms with Crippen molar-refractivity contribution in [1.29, 1.82) is 5.26 Å². The van der Waals surface area contributed by atoms with E-state index in [1.165, 1.54) is 11.8 Å². The molecule has 2 fully saturated rings. The molecule has 1 saturated carbocycles. The summed E-state index contributed by atoms with van der Waals surface area (Å²) in [5.74, 6) is 0.607. The topological polar surface area (TPSA) is 132 Å². The van der Waals surface area contributed by atoms with E-state index in [-0.39, 0.29) is 18.1 Å². The molecule has 0 bridgehead atoms. The maximum Gasteiger partial charge on any atom is 0.228 e. The van der Waals surface area contributed by atoms with E-state index in [1.807, 2.05) is 53.1 Å². The lowest BCUT2D eigenvalue weighted by atomic mass is 9.98. The van der Waals surface area contributed by atoms with Crippen LogP contribution in [0.4, 0.5) is 5.82 Å². The van der Waals surface area contributed by atoms with Gasteiger partial charge in [0.05, 0.1) is 24.4 Å². The van der Waals surface area contributed by atoms with Crippen LogP contribution in [0.3, 0.4) is 0 Å². The van der Waals surface area contributed by atoms with Crippen molar-refractivity contribution in [3.05, 3.63) is 66.0 Å². The Kier molecular flexibility index (Phi) is 7.76. The van der Waals surface area contributed by atoms with E-state index in [4.69, 9.17) is 9.47 Å². The van der Waals surface area contributed by atoms with E-state index < -0.39 is 0 Å². The smallest absolute Gasteiger partial charge is 0.228 e. The Morgan fingerprint density at radius 3 is 2.79 bits per heavy atom. The highest BCUT2D eigenvalue weighted by Crippen LogP contribution is 2.31. The minimum Gasteiger partial charge on any atom is -0.353 e. The van der Waals surface area contributed by atoms with Gasteiger partial charge in [-0.1, -0.05) is 12.1 Å². The van der Waals surface area contributed by atoms with Crippen LogP contribution in [0.1, 0.15) is 49.7 Å². The molecule has 1 atom stereocenters. The first kappa shape index (κ1) is 27.5. The third-order valence-corrected chi connectivity index (χ3v) is 8.55. The van der Waals surface area contributed by atoms with Crippen LogP contribution in [0.25, 0.3) is 22.4 Å². The van der Waals surface area contributed by atoms with Crippen molar-refractivity contribution in [2.75, 3.05) is 18.5 Å². The molecule has 5 aromatic rings. The number of anilines is 1. The second-order valence-corrected chi connectivity index (χ2v) is 11.8. The Balaban J connectivity index is 1.05. The largest absolute Gasteiger partial charge is 0.353 e. The predicted octanol–water partition coefficient (Wildman–Crippen LogP) is 5.29. The van der Waals surface area contributed by atoms with Gasteiger partial charge in [0.25, 0.3) is 0 Å². The number of amides is 1. The Hall–Kier alpha value is -4.31. The molecule has 7 rings (SSSR count). The number of hydrogen-bond donors (Lipinski definition) is 1. The third-order valence-electron chi connectivity index (χ3n) is 7.66. The molecule has 43 heavy (non-hydrogen) atoms. The van der Waals surface area contributed by atoms with E-state index in [0.717, 1.165) is 68.2 Å². The van der Waals surface area contributed by atoms with Crippen LogP contribution in [-0.4, -0.2) is 54.6 Å². The Morgan fingerprint density at radius 2 is 1.95 bits per heavy atom. The fraction of sp³-hybridized carbons (Fsp3) is 0.355. The number of imidazole rings is 1. The van der Waals surface area contributed by atoms with Crippen LogP contribution < -0.4 is 5.32 Å². The number of hydrogen-bond acceptors (Lipinski definition) is 9. The molecular weight excluding hydrogens is 564 g/mol. The van der Waals surface area contributed by atoms with Crippen molar-refractivity contribution in [2.45, 2.75) is 61.4 Å². The molecule has 0 radical (unpaired) electrons. The summed E-state index contributed by atoms with van der Waals surface area (Å²) in [6.07, 6.45) is 10.3. The molecule has 1 saturated heterocycles. The molecule has 2 aliphatic rings. The summed E-state index contributed by atoms with van der Waals surface area (Å²) in [5.41, 5.74) is 4.92. The van der Waals surface area contributed by atoms with Crippen LogP contribution in [0.5, 0.6) is 0 Å². The van der Waals surface area contributed by atoms with E-state index in [2.05, 4.69) is 31.7 Å². The van der Waals surface area contributed by atoms with Crippen molar-refractivity contribution in [2.24, 2.45) is 5.92 Å². The number of nitrogens with zero attached hydrogens (tertiary/aromatic N) is 7. The summed E-state index contributed by atoms with van der Waals surface area (Å²) >= 11 is 1.38. The number of aromatic nitrogens is 6. The lowest BCUT2D eigenvalue weighted by Gasteiger charge is -2.22. The van der Waals surface area contributed by atoms with Crippen LogP contribution in [0, 0.1) is 17.2 Å². The molecular formula is C31H30N8O3S. The molecule has 1 N–H and O–H groups in total. The number of carbonyl (C=O) groups excluding carboxylic acids is 1. The average molecular weight is 595 g/mol. The van der Waals surface area contributed by atoms with E-state index in [1.54, 1.807) is 10.7 Å². The number of nitriles is 1. The molecule has 0 spiro atoms. The summed E-state index contributed by atoms with van der Waals surface area (Å²) in [7, 11) is 0. The maximum absolute atomic E-state index is 12.1. The number of pyridine rings is 1. The molecule has 5 heterocycles. The molecule has 1 aliphatic carbocycles. The number of ether oxygens (including phenoxy) is 2. The number of nitrogens with one attached hydrogen (secondary N) is 1. The average Bonchev–Trinajstić information content (AvgIpc) is 3.71. The highest BCUT2D eigenvalue weighted by molar-refractivity contribution is 7.99. The minimum atomic E-state index is -0.0921. The fourth-order valence-electron chi connectivity index (χ4n) is 5.15. The Bertz CT molecular complexity index is 1830. The number of rotatable bonds is 10. The molecule has 1 amide bonds. The van der Waals surface area contributed by atoms with Gasteiger partial charge in [-0.05, 0) is 104 Å². The second-order valence-electron chi connectivity index (χ2n) is 10.8. The van der Waals surface area contributed by atoms with Crippen LogP contribution in [0.15, 0.2) is 65.0 Å². The van der Waals surface area contributed by atoms with Gasteiger partial charge in [0.1, 0.15) is 5.03 Å². The molecule has 1 unspecified atom stereocenters. The first-order chi connectivity index (χ1) is 21.1. The number of aryl methyl sites for hydroxylation is 1. The summed E-state index contributed by atoms with van der Waals surface area (Å²) < 4.78 is 15.1. The maximum atomic E-state index is 12.1. The van der Waals surface area contributed by atoms with Gasteiger partial charge in [-0.15, -0.1) is 10.2 Å². The normalized spacial score (nSPS) is 16.9. The highest BCUT2D eigenvalue weighted by Gasteiger charge is 2.30. The van der Waals surface area contributed by atoms with Crippen molar-refractivity contribution in [3.63, 3.8) is 0 Å². The third kappa shape index (κ3) is 6.24. The molecule has 218 valence electrons. The standard InChI is InChI=1S/C31H30N8O3S/c32-17-24-16-22(9-6-20(24)4-3-15-42-29-5-1-2-14-41-29)23-10-11-27-35-36-31(38(27)18-23)43-28-13-12-26-33-25(19-39(26)37-28)34-30(40)21-7-8-21/h6,9-13,16,18-19,21,29H,1-5,7-8,14-15H2,(H,34,40). The summed E-state index contributed by atoms with van der Waals surface area (Å²) in [6, 6.07) is 16.0. The van der Waals surface area contributed by atoms with E-state index in [0.29, 0.717) is 39.5 Å². The van der Waals surface area contributed by atoms with Crippen molar-refractivity contribution in [3.8, 4) is 17.2 Å². The molecule has 11 nitrogen and oxygen atoms in total. The van der Waals surface area contributed by atoms with Gasteiger partial charge in [0.2, 0.25) is 11.1 Å². The lowest BCUT2D eigenvalue weighted by Crippen LogP contribution is -2.22. The molecule has 4 aromatic heterocycles. The summed E-state index contributed by atoms with van der Waals surface area (Å²) in [4.78, 5) is 16.6. The van der Waals surface area contributed by atoms with Gasteiger partial charge in [0.15, 0.2) is 23.4 Å². The van der Waals surface area contributed by atoms with Crippen LogP contribution in [-0.2, 0) is 20.7 Å². The first-order valence-electron chi connectivity index (χ1n) is 14.6. The zero-order valence-electron chi connectivity index (χ0n) is 23.5. The van der Waals surface area contributed by atoms with Gasteiger partial charge in [-0.2, -0.15) is 10.4 Å². The quantitative estimate of drug-likeness (QED) is 0.214. The number of fused-ring (bicyclic) bond motifs is 2. The second kappa shape index (κ2) is 12.1. The van der Waals surface area contributed by atoms with Gasteiger partial charge >= 0.3 is 0 Å². The van der Waals surface area contributed by atoms with E-state index in [9.17, 15) is 10.1 Å². The van der Waals surface area contributed by atoms with Crippen LogP contribution in [0.2, 0.25) is 0 Å². The molecule has 1 aromatic carbocycles. The lowest BCUT2D eigenvalue weighted by molar-refractivity contribution is -0.162. The van der Waals surface area contributed by atoms with Gasteiger partial charge in [0, 0.05) is 18.7 Å². The van der Waals surface area contributed by atoms with Crippen molar-refractivity contribution >= 4 is 34.8 Å². The molecule has 1 aliphatic heterocycles. The number of carbonyl (C=O) groups is 1. The van der Waals surface area contributed by atoms with Crippen molar-refractivity contribution < 1.29 is 14.3 Å².